The highest BCUT2D eigenvalue weighted by Crippen LogP contribution is 2.28. The van der Waals surface area contributed by atoms with Crippen LogP contribution in [0.3, 0.4) is 0 Å². The summed E-state index contributed by atoms with van der Waals surface area (Å²) in [4.78, 5) is 18.7. The van der Waals surface area contributed by atoms with Crippen molar-refractivity contribution in [2.45, 2.75) is 26.4 Å². The van der Waals surface area contributed by atoms with E-state index in [-0.39, 0.29) is 24.0 Å². The van der Waals surface area contributed by atoms with Crippen LogP contribution in [0.2, 0.25) is 0 Å². The molecular formula is C16H20N4O3S. The molecule has 1 saturated heterocycles. The maximum absolute atomic E-state index is 12.9. The standard InChI is InChI=1S/C16H20N4O3S/c1-3-19-10-13(9-17-19)15-11-24(22,23)8-7-20(15)16(21)14-6-4-5-12(2)18-14/h4-6,9-10,15H,3,7-8,11H2,1-2H3. The summed E-state index contributed by atoms with van der Waals surface area (Å²) >= 11 is 0. The van der Waals surface area contributed by atoms with Crippen LogP contribution in [0.15, 0.2) is 30.6 Å². The molecule has 1 amide bonds. The Bertz CT molecular complexity index is 860. The molecule has 2 aromatic rings. The molecule has 1 aliphatic rings. The molecule has 0 saturated carbocycles. The van der Waals surface area contributed by atoms with E-state index in [4.69, 9.17) is 0 Å². The van der Waals surface area contributed by atoms with Crippen LogP contribution in [0.5, 0.6) is 0 Å². The first-order valence-corrected chi connectivity index (χ1v) is 9.69. The third kappa shape index (κ3) is 3.33. The molecule has 0 bridgehead atoms. The van der Waals surface area contributed by atoms with Gasteiger partial charge in [0.25, 0.3) is 5.91 Å². The minimum absolute atomic E-state index is 0.0248. The van der Waals surface area contributed by atoms with Gasteiger partial charge in [0.15, 0.2) is 9.84 Å². The van der Waals surface area contributed by atoms with E-state index in [0.29, 0.717) is 12.2 Å². The van der Waals surface area contributed by atoms with E-state index in [1.807, 2.05) is 19.9 Å². The Morgan fingerprint density at radius 3 is 2.83 bits per heavy atom. The highest BCUT2D eigenvalue weighted by molar-refractivity contribution is 7.91. The van der Waals surface area contributed by atoms with Crippen LogP contribution >= 0.6 is 0 Å². The SMILES string of the molecule is CCn1cc(C2CS(=O)(=O)CCN2C(=O)c2cccc(C)n2)cn1. The summed E-state index contributed by atoms with van der Waals surface area (Å²) in [6, 6.07) is 4.73. The zero-order chi connectivity index (χ0) is 17.3. The van der Waals surface area contributed by atoms with E-state index in [9.17, 15) is 13.2 Å². The predicted octanol–water partition coefficient (Wildman–Crippen LogP) is 1.22. The zero-order valence-electron chi connectivity index (χ0n) is 13.7. The molecule has 7 nitrogen and oxygen atoms in total. The van der Waals surface area contributed by atoms with Crippen molar-refractivity contribution in [1.82, 2.24) is 19.7 Å². The van der Waals surface area contributed by atoms with Crippen molar-refractivity contribution in [2.75, 3.05) is 18.1 Å². The number of sulfone groups is 1. The molecule has 8 heteroatoms. The Kier molecular flexibility index (Phi) is 4.40. The van der Waals surface area contributed by atoms with Crippen molar-refractivity contribution in [2.24, 2.45) is 0 Å². The van der Waals surface area contributed by atoms with Gasteiger partial charge in [0.2, 0.25) is 0 Å². The third-order valence-corrected chi connectivity index (χ3v) is 5.79. The topological polar surface area (TPSA) is 85.2 Å². The monoisotopic (exact) mass is 348 g/mol. The molecule has 1 atom stereocenters. The number of amides is 1. The first-order chi connectivity index (χ1) is 11.4. The van der Waals surface area contributed by atoms with Gasteiger partial charge in [-0.15, -0.1) is 0 Å². The second-order valence-electron chi connectivity index (χ2n) is 5.92. The molecule has 3 heterocycles. The smallest absolute Gasteiger partial charge is 0.273 e. The number of hydrogen-bond donors (Lipinski definition) is 0. The Labute approximate surface area is 141 Å². The lowest BCUT2D eigenvalue weighted by Crippen LogP contribution is -2.46. The summed E-state index contributed by atoms with van der Waals surface area (Å²) in [5.74, 6) is -0.356. The third-order valence-electron chi connectivity index (χ3n) is 4.16. The van der Waals surface area contributed by atoms with Gasteiger partial charge in [-0.1, -0.05) is 6.07 Å². The van der Waals surface area contributed by atoms with E-state index in [1.165, 1.54) is 0 Å². The van der Waals surface area contributed by atoms with Gasteiger partial charge >= 0.3 is 0 Å². The molecule has 1 unspecified atom stereocenters. The molecule has 24 heavy (non-hydrogen) atoms. The Morgan fingerprint density at radius 1 is 1.38 bits per heavy atom. The number of rotatable bonds is 3. The van der Waals surface area contributed by atoms with Crippen LogP contribution in [-0.4, -0.2) is 52.0 Å². The molecule has 2 aromatic heterocycles. The summed E-state index contributed by atoms with van der Waals surface area (Å²) in [6.07, 6.45) is 3.44. The van der Waals surface area contributed by atoms with E-state index >= 15 is 0 Å². The van der Waals surface area contributed by atoms with Gasteiger partial charge in [-0.3, -0.25) is 9.48 Å². The van der Waals surface area contributed by atoms with Crippen molar-refractivity contribution in [3.63, 3.8) is 0 Å². The van der Waals surface area contributed by atoms with Gasteiger partial charge in [-0.05, 0) is 26.0 Å². The lowest BCUT2D eigenvalue weighted by molar-refractivity contribution is 0.0691. The number of carbonyl (C=O) groups is 1. The quantitative estimate of drug-likeness (QED) is 0.832. The highest BCUT2D eigenvalue weighted by Gasteiger charge is 2.36. The molecule has 1 fully saturated rings. The Balaban J connectivity index is 1.96. The van der Waals surface area contributed by atoms with Crippen molar-refractivity contribution in [1.29, 1.82) is 0 Å². The first kappa shape index (κ1) is 16.6. The van der Waals surface area contributed by atoms with Gasteiger partial charge < -0.3 is 4.90 Å². The second-order valence-corrected chi connectivity index (χ2v) is 8.15. The van der Waals surface area contributed by atoms with Crippen LogP contribution < -0.4 is 0 Å². The van der Waals surface area contributed by atoms with Gasteiger partial charge in [-0.2, -0.15) is 5.10 Å². The molecule has 0 radical (unpaired) electrons. The molecule has 0 aromatic carbocycles. The average Bonchev–Trinajstić information content (AvgIpc) is 3.02. The fraction of sp³-hybridized carbons (Fsp3) is 0.438. The second kappa shape index (κ2) is 6.35. The van der Waals surface area contributed by atoms with E-state index in [0.717, 1.165) is 11.3 Å². The number of carbonyl (C=O) groups excluding carboxylic acids is 1. The summed E-state index contributed by atoms with van der Waals surface area (Å²) in [5, 5.41) is 4.21. The number of aryl methyl sites for hydroxylation is 2. The number of pyridine rings is 1. The molecule has 0 N–H and O–H groups in total. The molecule has 0 aliphatic carbocycles. The predicted molar refractivity (Wildman–Crippen MR) is 89.3 cm³/mol. The van der Waals surface area contributed by atoms with Crippen molar-refractivity contribution in [3.8, 4) is 0 Å². The zero-order valence-corrected chi connectivity index (χ0v) is 14.5. The van der Waals surface area contributed by atoms with Gasteiger partial charge in [0.05, 0.1) is 23.7 Å². The molecule has 3 rings (SSSR count). The fourth-order valence-electron chi connectivity index (χ4n) is 2.86. The molecule has 1 aliphatic heterocycles. The molecule has 128 valence electrons. The van der Waals surface area contributed by atoms with E-state index < -0.39 is 15.9 Å². The maximum atomic E-state index is 12.9. The van der Waals surface area contributed by atoms with Crippen LogP contribution in [0.1, 0.15) is 34.7 Å². The normalized spacial score (nSPS) is 20.1. The molecule has 0 spiro atoms. The lowest BCUT2D eigenvalue weighted by Gasteiger charge is -2.34. The summed E-state index contributed by atoms with van der Waals surface area (Å²) < 4.78 is 25.9. The molecular weight excluding hydrogens is 328 g/mol. The Morgan fingerprint density at radius 2 is 2.17 bits per heavy atom. The largest absolute Gasteiger partial charge is 0.328 e. The van der Waals surface area contributed by atoms with Crippen LogP contribution in [0, 0.1) is 6.92 Å². The summed E-state index contributed by atoms with van der Waals surface area (Å²) in [7, 11) is -3.19. The number of aromatic nitrogens is 3. The van der Waals surface area contributed by atoms with E-state index in [2.05, 4.69) is 10.1 Å². The lowest BCUT2D eigenvalue weighted by atomic mass is 10.1. The highest BCUT2D eigenvalue weighted by atomic mass is 32.2. The average molecular weight is 348 g/mol. The van der Waals surface area contributed by atoms with Gasteiger partial charge in [0, 0.05) is 30.5 Å². The van der Waals surface area contributed by atoms with Crippen molar-refractivity contribution in [3.05, 3.63) is 47.5 Å². The maximum Gasteiger partial charge on any atom is 0.273 e. The van der Waals surface area contributed by atoms with Gasteiger partial charge in [0.1, 0.15) is 5.69 Å². The van der Waals surface area contributed by atoms with Gasteiger partial charge in [-0.25, -0.2) is 13.4 Å². The van der Waals surface area contributed by atoms with Crippen LogP contribution in [0.25, 0.3) is 0 Å². The first-order valence-electron chi connectivity index (χ1n) is 7.87. The van der Waals surface area contributed by atoms with Crippen LogP contribution in [-0.2, 0) is 16.4 Å². The minimum atomic E-state index is -3.19. The van der Waals surface area contributed by atoms with Crippen molar-refractivity contribution < 1.29 is 13.2 Å². The Hall–Kier alpha value is -2.22. The minimum Gasteiger partial charge on any atom is -0.328 e. The summed E-state index contributed by atoms with van der Waals surface area (Å²) in [5.41, 5.74) is 1.82. The fourth-order valence-corrected chi connectivity index (χ4v) is 4.36. The van der Waals surface area contributed by atoms with Crippen LogP contribution in [0.4, 0.5) is 0 Å². The van der Waals surface area contributed by atoms with Crippen molar-refractivity contribution >= 4 is 15.7 Å². The van der Waals surface area contributed by atoms with E-state index in [1.54, 1.807) is 34.1 Å². The number of nitrogens with zero attached hydrogens (tertiary/aromatic N) is 4. The summed E-state index contributed by atoms with van der Waals surface area (Å²) in [6.45, 7) is 4.62. The number of hydrogen-bond acceptors (Lipinski definition) is 5.